The average Bonchev–Trinajstić information content (AvgIpc) is 3.09. The predicted molar refractivity (Wildman–Crippen MR) is 104 cm³/mol. The number of piperidine rings is 1. The summed E-state index contributed by atoms with van der Waals surface area (Å²) in [6.07, 6.45) is 4.03. The molecular formula is C20H24N6O. The number of amides is 1. The first-order chi connectivity index (χ1) is 13.1. The van der Waals surface area contributed by atoms with Crippen LogP contribution in [0.2, 0.25) is 0 Å². The van der Waals surface area contributed by atoms with E-state index in [9.17, 15) is 4.79 Å². The van der Waals surface area contributed by atoms with Crippen LogP contribution in [-0.2, 0) is 0 Å². The number of nitrogens with zero attached hydrogens (tertiary/aromatic N) is 4. The molecule has 140 valence electrons. The molecule has 2 unspecified atom stereocenters. The third kappa shape index (κ3) is 3.42. The lowest BCUT2D eigenvalue weighted by Gasteiger charge is -2.28. The van der Waals surface area contributed by atoms with Gasteiger partial charge in [0, 0.05) is 17.6 Å². The summed E-state index contributed by atoms with van der Waals surface area (Å²) >= 11 is 0. The van der Waals surface area contributed by atoms with E-state index < -0.39 is 0 Å². The van der Waals surface area contributed by atoms with Gasteiger partial charge < -0.3 is 10.6 Å². The van der Waals surface area contributed by atoms with Crippen molar-refractivity contribution in [2.24, 2.45) is 5.92 Å². The summed E-state index contributed by atoms with van der Waals surface area (Å²) in [5.41, 5.74) is 2.72. The van der Waals surface area contributed by atoms with Crippen molar-refractivity contribution in [2.75, 3.05) is 13.1 Å². The second-order valence-electron chi connectivity index (χ2n) is 7.16. The quantitative estimate of drug-likeness (QED) is 0.742. The minimum atomic E-state index is -0.176. The molecule has 3 heterocycles. The summed E-state index contributed by atoms with van der Waals surface area (Å²) in [4.78, 5) is 17.2. The molecule has 2 atom stereocenters. The number of fused-ring (bicyclic) bond motifs is 1. The van der Waals surface area contributed by atoms with E-state index in [1.807, 2.05) is 37.3 Å². The Hall–Kier alpha value is -2.80. The van der Waals surface area contributed by atoms with Gasteiger partial charge in [0.15, 0.2) is 5.69 Å². The van der Waals surface area contributed by atoms with Gasteiger partial charge in [-0.3, -0.25) is 9.78 Å². The lowest BCUT2D eigenvalue weighted by Crippen LogP contribution is -2.44. The number of pyridine rings is 1. The molecule has 1 saturated heterocycles. The SMILES string of the molecule is Cc1c(C(=O)NC(C)C2CCCNC2)nnn1-c1cccc2cccnc12. The van der Waals surface area contributed by atoms with E-state index in [0.717, 1.165) is 42.5 Å². The molecule has 7 heteroatoms. The largest absolute Gasteiger partial charge is 0.348 e. The molecule has 1 amide bonds. The summed E-state index contributed by atoms with van der Waals surface area (Å²) in [6, 6.07) is 9.90. The summed E-state index contributed by atoms with van der Waals surface area (Å²) in [7, 11) is 0. The smallest absolute Gasteiger partial charge is 0.273 e. The number of carbonyl (C=O) groups excluding carboxylic acids is 1. The molecule has 0 radical (unpaired) electrons. The normalized spacial score (nSPS) is 18.4. The van der Waals surface area contributed by atoms with Crippen LogP contribution in [0.1, 0.15) is 35.9 Å². The Morgan fingerprint density at radius 2 is 2.19 bits per heavy atom. The van der Waals surface area contributed by atoms with Gasteiger partial charge >= 0.3 is 0 Å². The molecule has 1 fully saturated rings. The van der Waals surface area contributed by atoms with Gasteiger partial charge in [-0.05, 0) is 57.8 Å². The van der Waals surface area contributed by atoms with Crippen LogP contribution in [0.15, 0.2) is 36.5 Å². The first kappa shape index (κ1) is 17.6. The van der Waals surface area contributed by atoms with Crippen molar-refractivity contribution in [3.63, 3.8) is 0 Å². The third-order valence-corrected chi connectivity index (χ3v) is 5.35. The van der Waals surface area contributed by atoms with Crippen LogP contribution in [0, 0.1) is 12.8 Å². The number of nitrogens with one attached hydrogen (secondary N) is 2. The molecule has 2 aromatic heterocycles. The molecule has 27 heavy (non-hydrogen) atoms. The Labute approximate surface area is 158 Å². The van der Waals surface area contributed by atoms with E-state index in [0.29, 0.717) is 17.3 Å². The maximum Gasteiger partial charge on any atom is 0.273 e. The van der Waals surface area contributed by atoms with Crippen LogP contribution in [0.5, 0.6) is 0 Å². The van der Waals surface area contributed by atoms with Gasteiger partial charge in [0.25, 0.3) is 5.91 Å². The van der Waals surface area contributed by atoms with Crippen LogP contribution in [0.3, 0.4) is 0 Å². The minimum Gasteiger partial charge on any atom is -0.348 e. The van der Waals surface area contributed by atoms with Crippen molar-refractivity contribution >= 4 is 16.8 Å². The first-order valence-corrected chi connectivity index (χ1v) is 9.43. The fraction of sp³-hybridized carbons (Fsp3) is 0.400. The Balaban J connectivity index is 1.59. The van der Waals surface area contributed by atoms with Crippen molar-refractivity contribution in [3.8, 4) is 5.69 Å². The van der Waals surface area contributed by atoms with E-state index >= 15 is 0 Å². The number of rotatable bonds is 4. The van der Waals surface area contributed by atoms with Crippen molar-refractivity contribution in [3.05, 3.63) is 47.9 Å². The van der Waals surface area contributed by atoms with Gasteiger partial charge in [0.2, 0.25) is 0 Å². The number of carbonyl (C=O) groups is 1. The molecule has 0 saturated carbocycles. The van der Waals surface area contributed by atoms with Gasteiger partial charge in [0.05, 0.1) is 16.9 Å². The Morgan fingerprint density at radius 1 is 1.33 bits per heavy atom. The third-order valence-electron chi connectivity index (χ3n) is 5.35. The molecule has 1 aliphatic heterocycles. The number of hydrogen-bond donors (Lipinski definition) is 2. The molecule has 1 aliphatic rings. The minimum absolute atomic E-state index is 0.0917. The fourth-order valence-electron chi connectivity index (χ4n) is 3.73. The predicted octanol–water partition coefficient (Wildman–Crippen LogP) is 2.24. The van der Waals surface area contributed by atoms with Crippen molar-refractivity contribution < 1.29 is 4.79 Å². The van der Waals surface area contributed by atoms with Gasteiger partial charge in [-0.25, -0.2) is 4.68 Å². The molecule has 7 nitrogen and oxygen atoms in total. The first-order valence-electron chi connectivity index (χ1n) is 9.43. The molecule has 3 aromatic rings. The highest BCUT2D eigenvalue weighted by molar-refractivity contribution is 5.94. The van der Waals surface area contributed by atoms with Gasteiger partial charge in [-0.1, -0.05) is 23.4 Å². The Bertz CT molecular complexity index is 955. The summed E-state index contributed by atoms with van der Waals surface area (Å²) in [5, 5.41) is 15.9. The number of hydrogen-bond acceptors (Lipinski definition) is 5. The zero-order valence-electron chi connectivity index (χ0n) is 15.6. The second-order valence-corrected chi connectivity index (χ2v) is 7.16. The average molecular weight is 364 g/mol. The summed E-state index contributed by atoms with van der Waals surface area (Å²) in [6.45, 7) is 5.92. The lowest BCUT2D eigenvalue weighted by molar-refractivity contribution is 0.0916. The maximum absolute atomic E-state index is 12.8. The zero-order chi connectivity index (χ0) is 18.8. The Morgan fingerprint density at radius 3 is 3.00 bits per heavy atom. The van der Waals surface area contributed by atoms with Gasteiger partial charge in [-0.2, -0.15) is 0 Å². The monoisotopic (exact) mass is 364 g/mol. The molecule has 0 spiro atoms. The standard InChI is InChI=1S/C20H24N6O/c1-13(16-8-4-10-21-12-16)23-20(27)18-14(2)26(25-24-18)17-9-3-6-15-7-5-11-22-19(15)17/h3,5-7,9,11,13,16,21H,4,8,10,12H2,1-2H3,(H,23,27). The van der Waals surface area contributed by atoms with E-state index in [1.54, 1.807) is 10.9 Å². The van der Waals surface area contributed by atoms with Crippen molar-refractivity contribution in [2.45, 2.75) is 32.7 Å². The van der Waals surface area contributed by atoms with Crippen LogP contribution in [0.25, 0.3) is 16.6 Å². The molecule has 0 bridgehead atoms. The van der Waals surface area contributed by atoms with Crippen LogP contribution in [-0.4, -0.2) is 45.0 Å². The van der Waals surface area contributed by atoms with Crippen LogP contribution >= 0.6 is 0 Å². The van der Waals surface area contributed by atoms with E-state index in [1.165, 1.54) is 0 Å². The number of benzene rings is 1. The molecule has 0 aliphatic carbocycles. The number of para-hydroxylation sites is 1. The van der Waals surface area contributed by atoms with E-state index in [-0.39, 0.29) is 11.9 Å². The van der Waals surface area contributed by atoms with Crippen LogP contribution < -0.4 is 10.6 Å². The van der Waals surface area contributed by atoms with Crippen molar-refractivity contribution in [1.29, 1.82) is 0 Å². The highest BCUT2D eigenvalue weighted by Crippen LogP contribution is 2.21. The van der Waals surface area contributed by atoms with Crippen molar-refractivity contribution in [1.82, 2.24) is 30.6 Å². The zero-order valence-corrected chi connectivity index (χ0v) is 15.6. The number of aromatic nitrogens is 4. The van der Waals surface area contributed by atoms with Gasteiger partial charge in [-0.15, -0.1) is 5.10 Å². The highest BCUT2D eigenvalue weighted by Gasteiger charge is 2.24. The highest BCUT2D eigenvalue weighted by atomic mass is 16.2. The lowest BCUT2D eigenvalue weighted by atomic mass is 9.93. The van der Waals surface area contributed by atoms with Gasteiger partial charge in [0.1, 0.15) is 0 Å². The van der Waals surface area contributed by atoms with E-state index in [4.69, 9.17) is 0 Å². The summed E-state index contributed by atoms with van der Waals surface area (Å²) < 4.78 is 1.69. The molecular weight excluding hydrogens is 340 g/mol. The summed E-state index contributed by atoms with van der Waals surface area (Å²) in [5.74, 6) is 0.269. The van der Waals surface area contributed by atoms with Crippen LogP contribution in [0.4, 0.5) is 0 Å². The Kier molecular flexibility index (Phi) is 4.85. The molecule has 1 aromatic carbocycles. The topological polar surface area (TPSA) is 84.7 Å². The molecule has 4 rings (SSSR count). The van der Waals surface area contributed by atoms with E-state index in [2.05, 4.69) is 32.9 Å². The molecule has 2 N–H and O–H groups in total. The second kappa shape index (κ2) is 7.44. The fourth-order valence-corrected chi connectivity index (χ4v) is 3.73. The maximum atomic E-state index is 12.8.